The Morgan fingerprint density at radius 3 is 2.94 bits per heavy atom. The van der Waals surface area contributed by atoms with E-state index in [0.717, 1.165) is 0 Å². The van der Waals surface area contributed by atoms with Crippen molar-refractivity contribution in [2.75, 3.05) is 19.5 Å². The maximum Gasteiger partial charge on any atom is 0.253 e. The second-order valence-corrected chi connectivity index (χ2v) is 3.60. The van der Waals surface area contributed by atoms with Crippen LogP contribution in [0.2, 0.25) is 0 Å². The van der Waals surface area contributed by atoms with Gasteiger partial charge in [0.25, 0.3) is 5.91 Å². The molecule has 0 bridgehead atoms. The van der Waals surface area contributed by atoms with Crippen LogP contribution in [0.3, 0.4) is 0 Å². The van der Waals surface area contributed by atoms with Crippen molar-refractivity contribution in [3.05, 3.63) is 23.8 Å². The first-order valence-corrected chi connectivity index (χ1v) is 4.93. The molecule has 0 fully saturated rings. The quantitative estimate of drug-likeness (QED) is 0.520. The van der Waals surface area contributed by atoms with Gasteiger partial charge in [0.2, 0.25) is 0 Å². The zero-order chi connectivity index (χ0) is 12.1. The van der Waals surface area contributed by atoms with E-state index in [1.165, 1.54) is 18.2 Å². The molecule has 0 aliphatic carbocycles. The van der Waals surface area contributed by atoms with Gasteiger partial charge in [-0.25, -0.2) is 0 Å². The predicted molar refractivity (Wildman–Crippen MR) is 61.3 cm³/mol. The molecule has 1 amide bonds. The van der Waals surface area contributed by atoms with Crippen LogP contribution < -0.4 is 11.1 Å². The van der Waals surface area contributed by atoms with E-state index in [1.807, 2.05) is 6.92 Å². The molecule has 0 saturated carbocycles. The van der Waals surface area contributed by atoms with Gasteiger partial charge < -0.3 is 20.9 Å². The minimum absolute atomic E-state index is 0.0127. The van der Waals surface area contributed by atoms with Crippen LogP contribution in [0.1, 0.15) is 17.3 Å². The molecular formula is C11H16N2O3. The van der Waals surface area contributed by atoms with Crippen LogP contribution in [0.5, 0.6) is 5.75 Å². The van der Waals surface area contributed by atoms with E-state index in [-0.39, 0.29) is 23.3 Å². The Hall–Kier alpha value is -1.75. The number of methoxy groups -OCH3 is 1. The van der Waals surface area contributed by atoms with Gasteiger partial charge in [0.1, 0.15) is 5.75 Å². The van der Waals surface area contributed by atoms with Gasteiger partial charge in [-0.1, -0.05) is 0 Å². The van der Waals surface area contributed by atoms with Gasteiger partial charge in [-0.05, 0) is 25.1 Å². The highest BCUT2D eigenvalue weighted by Gasteiger charge is 2.12. The maximum atomic E-state index is 11.7. The molecule has 0 aliphatic rings. The Kier molecular flexibility index (Phi) is 4.13. The third-order valence-corrected chi connectivity index (χ3v) is 2.08. The number of nitrogen functional groups attached to an aromatic ring is 1. The van der Waals surface area contributed by atoms with Crippen LogP contribution in [0.25, 0.3) is 0 Å². The van der Waals surface area contributed by atoms with Crippen LogP contribution in [-0.4, -0.2) is 30.8 Å². The van der Waals surface area contributed by atoms with Crippen LogP contribution >= 0.6 is 0 Å². The minimum Gasteiger partial charge on any atom is -0.508 e. The summed E-state index contributed by atoms with van der Waals surface area (Å²) in [5, 5.41) is 12.0. The number of amides is 1. The Bertz CT molecular complexity index is 379. The highest BCUT2D eigenvalue weighted by Crippen LogP contribution is 2.18. The lowest BCUT2D eigenvalue weighted by atomic mass is 10.1. The molecule has 0 heterocycles. The van der Waals surface area contributed by atoms with E-state index < -0.39 is 0 Å². The second kappa shape index (κ2) is 5.37. The molecule has 1 unspecified atom stereocenters. The van der Waals surface area contributed by atoms with Gasteiger partial charge in [-0.3, -0.25) is 4.79 Å². The smallest absolute Gasteiger partial charge is 0.253 e. The Balaban J connectivity index is 2.76. The number of carbonyl (C=O) groups excluding carboxylic acids is 1. The van der Waals surface area contributed by atoms with Gasteiger partial charge >= 0.3 is 0 Å². The summed E-state index contributed by atoms with van der Waals surface area (Å²) in [5.74, 6) is -0.309. The summed E-state index contributed by atoms with van der Waals surface area (Å²) in [6.45, 7) is 2.24. The molecule has 1 rings (SSSR count). The third-order valence-electron chi connectivity index (χ3n) is 2.08. The highest BCUT2D eigenvalue weighted by atomic mass is 16.5. The van der Waals surface area contributed by atoms with Crippen LogP contribution in [0.4, 0.5) is 5.69 Å². The molecule has 0 aliphatic heterocycles. The molecule has 88 valence electrons. The molecule has 1 aromatic rings. The fraction of sp³-hybridized carbons (Fsp3) is 0.364. The number of rotatable bonds is 4. The monoisotopic (exact) mass is 224 g/mol. The number of phenolic OH excluding ortho intramolecular Hbond substituents is 1. The molecule has 1 atom stereocenters. The van der Waals surface area contributed by atoms with Gasteiger partial charge in [0.05, 0.1) is 12.2 Å². The maximum absolute atomic E-state index is 11.7. The fourth-order valence-electron chi connectivity index (χ4n) is 1.33. The Morgan fingerprint density at radius 2 is 2.31 bits per heavy atom. The average molecular weight is 224 g/mol. The predicted octanol–water partition coefficient (Wildman–Crippen LogP) is 0.739. The fourth-order valence-corrected chi connectivity index (χ4v) is 1.33. The molecule has 1 aromatic carbocycles. The largest absolute Gasteiger partial charge is 0.508 e. The first kappa shape index (κ1) is 12.3. The van der Waals surface area contributed by atoms with Crippen molar-refractivity contribution in [2.24, 2.45) is 0 Å². The summed E-state index contributed by atoms with van der Waals surface area (Å²) in [4.78, 5) is 11.7. The van der Waals surface area contributed by atoms with Crippen molar-refractivity contribution in [1.29, 1.82) is 0 Å². The summed E-state index contributed by atoms with van der Waals surface area (Å²) >= 11 is 0. The van der Waals surface area contributed by atoms with Crippen LogP contribution in [0.15, 0.2) is 18.2 Å². The van der Waals surface area contributed by atoms with E-state index in [4.69, 9.17) is 10.5 Å². The number of anilines is 1. The SMILES string of the molecule is COCC(C)NC(=O)c1cc(O)ccc1N. The van der Waals surface area contributed by atoms with Crippen LogP contribution in [-0.2, 0) is 4.74 Å². The lowest BCUT2D eigenvalue weighted by molar-refractivity contribution is 0.0906. The number of phenols is 1. The number of nitrogens with two attached hydrogens (primary N) is 1. The normalized spacial score (nSPS) is 12.1. The highest BCUT2D eigenvalue weighted by molar-refractivity contribution is 5.99. The molecule has 0 aromatic heterocycles. The van der Waals surface area contributed by atoms with E-state index in [0.29, 0.717) is 12.3 Å². The summed E-state index contributed by atoms with van der Waals surface area (Å²) < 4.78 is 4.90. The molecule has 16 heavy (non-hydrogen) atoms. The number of benzene rings is 1. The molecule has 0 spiro atoms. The summed E-state index contributed by atoms with van der Waals surface area (Å²) in [6, 6.07) is 4.15. The second-order valence-electron chi connectivity index (χ2n) is 3.60. The number of ether oxygens (including phenoxy) is 1. The van der Waals surface area contributed by atoms with Gasteiger partial charge in [0, 0.05) is 18.8 Å². The number of hydrogen-bond acceptors (Lipinski definition) is 4. The molecule has 4 N–H and O–H groups in total. The zero-order valence-corrected chi connectivity index (χ0v) is 9.36. The molecule has 0 saturated heterocycles. The van der Waals surface area contributed by atoms with Crippen molar-refractivity contribution >= 4 is 11.6 Å². The van der Waals surface area contributed by atoms with E-state index in [1.54, 1.807) is 7.11 Å². The van der Waals surface area contributed by atoms with Crippen molar-refractivity contribution in [2.45, 2.75) is 13.0 Å². The number of hydrogen-bond donors (Lipinski definition) is 3. The van der Waals surface area contributed by atoms with Crippen molar-refractivity contribution in [3.63, 3.8) is 0 Å². The summed E-state index contributed by atoms with van der Waals surface area (Å²) in [6.07, 6.45) is 0. The molecular weight excluding hydrogens is 208 g/mol. The zero-order valence-electron chi connectivity index (χ0n) is 9.36. The third kappa shape index (κ3) is 3.13. The minimum atomic E-state index is -0.321. The van der Waals surface area contributed by atoms with Crippen LogP contribution in [0, 0.1) is 0 Å². The average Bonchev–Trinajstić information content (AvgIpc) is 2.21. The van der Waals surface area contributed by atoms with Crippen molar-refractivity contribution < 1.29 is 14.6 Å². The Labute approximate surface area is 94.2 Å². The summed E-state index contributed by atoms with van der Waals surface area (Å²) in [5.41, 5.74) is 6.24. The van der Waals surface area contributed by atoms with Crippen molar-refractivity contribution in [1.82, 2.24) is 5.32 Å². The summed E-state index contributed by atoms with van der Waals surface area (Å²) in [7, 11) is 1.56. The van der Waals surface area contributed by atoms with E-state index in [2.05, 4.69) is 5.32 Å². The molecule has 0 radical (unpaired) electrons. The number of nitrogens with one attached hydrogen (secondary N) is 1. The standard InChI is InChI=1S/C11H16N2O3/c1-7(6-16-2)13-11(15)9-5-8(14)3-4-10(9)12/h3-5,7,14H,6,12H2,1-2H3,(H,13,15). The van der Waals surface area contributed by atoms with Gasteiger partial charge in [-0.15, -0.1) is 0 Å². The number of carbonyl (C=O) groups is 1. The molecule has 5 heteroatoms. The number of aromatic hydroxyl groups is 1. The van der Waals surface area contributed by atoms with Crippen molar-refractivity contribution in [3.8, 4) is 5.75 Å². The molecule has 5 nitrogen and oxygen atoms in total. The lowest BCUT2D eigenvalue weighted by Gasteiger charge is -2.13. The topological polar surface area (TPSA) is 84.6 Å². The first-order valence-electron chi connectivity index (χ1n) is 4.93. The lowest BCUT2D eigenvalue weighted by Crippen LogP contribution is -2.35. The Morgan fingerprint density at radius 1 is 1.62 bits per heavy atom. The van der Waals surface area contributed by atoms with Gasteiger partial charge in [0.15, 0.2) is 0 Å². The van der Waals surface area contributed by atoms with E-state index >= 15 is 0 Å². The van der Waals surface area contributed by atoms with Gasteiger partial charge in [-0.2, -0.15) is 0 Å². The van der Waals surface area contributed by atoms with E-state index in [9.17, 15) is 9.90 Å². The first-order chi connectivity index (χ1) is 7.54.